The van der Waals surface area contributed by atoms with Crippen LogP contribution in [0.15, 0.2) is 85.3 Å². The van der Waals surface area contributed by atoms with E-state index in [0.29, 0.717) is 5.82 Å². The van der Waals surface area contributed by atoms with Gasteiger partial charge in [0, 0.05) is 30.2 Å². The van der Waals surface area contributed by atoms with Crippen LogP contribution in [0.4, 0.5) is 23.4 Å². The van der Waals surface area contributed by atoms with Crippen LogP contribution in [-0.2, 0) is 16.0 Å². The monoisotopic (exact) mass is 486 g/mol. The average molecular weight is 486 g/mol. The van der Waals surface area contributed by atoms with Gasteiger partial charge in [-0.3, -0.25) is 9.36 Å². The highest BCUT2D eigenvalue weighted by Gasteiger charge is 2.38. The molecule has 2 N–H and O–H groups in total. The Balaban J connectivity index is 0.000000429. The summed E-state index contributed by atoms with van der Waals surface area (Å²) in [6.07, 6.45) is 0.293. The van der Waals surface area contributed by atoms with Crippen LogP contribution in [0.2, 0.25) is 0 Å². The number of halogens is 4. The number of aromatic nitrogens is 3. The maximum Gasteiger partial charge on any atom is 0.490 e. The summed E-state index contributed by atoms with van der Waals surface area (Å²) in [5.74, 6) is -2.06. The highest BCUT2D eigenvalue weighted by atomic mass is 19.4. The zero-order valence-corrected chi connectivity index (χ0v) is 17.9. The van der Waals surface area contributed by atoms with Crippen molar-refractivity contribution in [2.75, 3.05) is 5.32 Å². The Hall–Kier alpha value is -4.54. The predicted octanol–water partition coefficient (Wildman–Crippen LogP) is 4.89. The van der Waals surface area contributed by atoms with E-state index in [9.17, 15) is 22.4 Å². The fourth-order valence-electron chi connectivity index (χ4n) is 2.92. The molecule has 0 aliphatic heterocycles. The van der Waals surface area contributed by atoms with E-state index >= 15 is 0 Å². The molecule has 0 bridgehead atoms. The van der Waals surface area contributed by atoms with Crippen LogP contribution in [0.3, 0.4) is 0 Å². The quantitative estimate of drug-likeness (QED) is 0.392. The fraction of sp³-hybridized carbons (Fsp3) is 0.0833. The smallest absolute Gasteiger partial charge is 0.475 e. The number of aliphatic carboxylic acids is 1. The first-order valence-corrected chi connectivity index (χ1v) is 10.0. The lowest BCUT2D eigenvalue weighted by Crippen LogP contribution is -2.21. The summed E-state index contributed by atoms with van der Waals surface area (Å²) in [5.41, 5.74) is 2.56. The van der Waals surface area contributed by atoms with Crippen molar-refractivity contribution in [3.63, 3.8) is 0 Å². The molecule has 4 aromatic rings. The van der Waals surface area contributed by atoms with Crippen molar-refractivity contribution in [1.29, 1.82) is 0 Å². The average Bonchev–Trinajstić information content (AvgIpc) is 3.31. The van der Waals surface area contributed by atoms with Crippen molar-refractivity contribution in [3.05, 3.63) is 96.7 Å². The van der Waals surface area contributed by atoms with E-state index in [2.05, 4.69) is 15.3 Å². The van der Waals surface area contributed by atoms with Crippen molar-refractivity contribution < 1.29 is 32.3 Å². The summed E-state index contributed by atoms with van der Waals surface area (Å²) in [7, 11) is 0. The van der Waals surface area contributed by atoms with E-state index in [0.717, 1.165) is 22.6 Å². The van der Waals surface area contributed by atoms with Crippen LogP contribution >= 0.6 is 0 Å². The SMILES string of the molecule is O=C(Cc1ccc(F)cc1)Nc1cc(-n2ccnc2-c2ccccc2)ccn1.O=C(O)C(F)(F)F. The highest BCUT2D eigenvalue weighted by Crippen LogP contribution is 2.22. The van der Waals surface area contributed by atoms with Crippen molar-refractivity contribution >= 4 is 17.7 Å². The number of rotatable bonds is 5. The van der Waals surface area contributed by atoms with Crippen molar-refractivity contribution in [2.45, 2.75) is 12.6 Å². The lowest BCUT2D eigenvalue weighted by Gasteiger charge is -2.10. The zero-order chi connectivity index (χ0) is 25.4. The van der Waals surface area contributed by atoms with Crippen LogP contribution in [0.25, 0.3) is 17.1 Å². The fourth-order valence-corrected chi connectivity index (χ4v) is 2.92. The zero-order valence-electron chi connectivity index (χ0n) is 17.9. The van der Waals surface area contributed by atoms with E-state index < -0.39 is 12.1 Å². The molecule has 0 spiro atoms. The predicted molar refractivity (Wildman–Crippen MR) is 119 cm³/mol. The van der Waals surface area contributed by atoms with Gasteiger partial charge in [-0.05, 0) is 23.8 Å². The number of carbonyl (C=O) groups is 2. The van der Waals surface area contributed by atoms with Crippen LogP contribution in [0.1, 0.15) is 5.56 Å². The summed E-state index contributed by atoms with van der Waals surface area (Å²) >= 11 is 0. The van der Waals surface area contributed by atoms with Gasteiger partial charge in [0.2, 0.25) is 5.91 Å². The standard InChI is InChI=1S/C22H17FN4O.C2HF3O2/c23-18-8-6-16(7-9-18)14-21(28)26-20-15-19(10-11-24-20)27-13-12-25-22(27)17-4-2-1-3-5-17;3-2(4,5)1(6)7/h1-13,15H,14H2,(H,24,26,28);(H,6,7). The Morgan fingerprint density at radius 2 is 1.60 bits per heavy atom. The summed E-state index contributed by atoms with van der Waals surface area (Å²) in [6.45, 7) is 0. The molecule has 35 heavy (non-hydrogen) atoms. The number of anilines is 1. The van der Waals surface area contributed by atoms with Gasteiger partial charge in [-0.15, -0.1) is 0 Å². The molecule has 0 radical (unpaired) electrons. The first-order chi connectivity index (χ1) is 16.6. The van der Waals surface area contributed by atoms with Gasteiger partial charge >= 0.3 is 12.1 Å². The van der Waals surface area contributed by atoms with Crippen LogP contribution in [0.5, 0.6) is 0 Å². The van der Waals surface area contributed by atoms with Gasteiger partial charge in [-0.1, -0.05) is 42.5 Å². The number of imidazole rings is 1. The molecular weight excluding hydrogens is 468 g/mol. The van der Waals surface area contributed by atoms with Gasteiger partial charge in [0.25, 0.3) is 0 Å². The number of carboxylic acid groups (broad SMARTS) is 1. The topological polar surface area (TPSA) is 97.1 Å². The van der Waals surface area contributed by atoms with Crippen LogP contribution < -0.4 is 5.32 Å². The Kier molecular flexibility index (Phi) is 7.92. The summed E-state index contributed by atoms with van der Waals surface area (Å²) in [4.78, 5) is 29.8. The van der Waals surface area contributed by atoms with Gasteiger partial charge in [0.1, 0.15) is 17.5 Å². The number of amides is 1. The number of pyridine rings is 1. The Morgan fingerprint density at radius 3 is 2.23 bits per heavy atom. The normalized spacial score (nSPS) is 10.7. The minimum atomic E-state index is -5.08. The summed E-state index contributed by atoms with van der Waals surface area (Å²) < 4.78 is 46.7. The number of nitrogens with one attached hydrogen (secondary N) is 1. The largest absolute Gasteiger partial charge is 0.490 e. The van der Waals surface area contributed by atoms with Gasteiger partial charge in [-0.2, -0.15) is 13.2 Å². The van der Waals surface area contributed by atoms with Crippen LogP contribution in [0, 0.1) is 5.82 Å². The minimum Gasteiger partial charge on any atom is -0.475 e. The molecule has 1 amide bonds. The molecule has 180 valence electrons. The Bertz CT molecular complexity index is 1290. The maximum absolute atomic E-state index is 13.0. The molecule has 0 saturated carbocycles. The second-order valence-electron chi connectivity index (χ2n) is 7.04. The highest BCUT2D eigenvalue weighted by molar-refractivity contribution is 5.91. The molecule has 0 fully saturated rings. The number of benzene rings is 2. The third kappa shape index (κ3) is 7.22. The second kappa shape index (κ2) is 11.1. The first-order valence-electron chi connectivity index (χ1n) is 10.0. The first kappa shape index (κ1) is 25.1. The molecule has 2 aromatic heterocycles. The molecule has 0 saturated heterocycles. The summed E-state index contributed by atoms with van der Waals surface area (Å²) in [6, 6.07) is 19.4. The van der Waals surface area contributed by atoms with Gasteiger partial charge < -0.3 is 10.4 Å². The van der Waals surface area contributed by atoms with Crippen LogP contribution in [-0.4, -0.2) is 37.7 Å². The molecule has 0 aliphatic carbocycles. The van der Waals surface area contributed by atoms with Gasteiger partial charge in [0.15, 0.2) is 0 Å². The third-order valence-electron chi connectivity index (χ3n) is 4.48. The Morgan fingerprint density at radius 1 is 0.943 bits per heavy atom. The molecule has 4 rings (SSSR count). The molecule has 11 heteroatoms. The van der Waals surface area contributed by atoms with E-state index in [-0.39, 0.29) is 18.1 Å². The number of hydrogen-bond acceptors (Lipinski definition) is 4. The second-order valence-corrected chi connectivity index (χ2v) is 7.04. The van der Waals surface area contributed by atoms with Gasteiger partial charge in [0.05, 0.1) is 12.1 Å². The van der Waals surface area contributed by atoms with Crippen molar-refractivity contribution in [2.24, 2.45) is 0 Å². The molecule has 0 unspecified atom stereocenters. The molecular formula is C24H18F4N4O3. The van der Waals surface area contributed by atoms with E-state index in [4.69, 9.17) is 9.90 Å². The number of carbonyl (C=O) groups excluding carboxylic acids is 1. The number of nitrogens with zero attached hydrogens (tertiary/aromatic N) is 3. The Labute approximate surface area is 196 Å². The molecule has 2 heterocycles. The molecule has 0 atom stereocenters. The molecule has 2 aromatic carbocycles. The van der Waals surface area contributed by atoms with Crippen molar-refractivity contribution in [3.8, 4) is 17.1 Å². The van der Waals surface area contributed by atoms with E-state index in [1.165, 1.54) is 12.1 Å². The number of alkyl halides is 3. The maximum atomic E-state index is 13.0. The summed E-state index contributed by atoms with van der Waals surface area (Å²) in [5, 5.41) is 9.91. The third-order valence-corrected chi connectivity index (χ3v) is 4.48. The number of carboxylic acids is 1. The van der Waals surface area contributed by atoms with E-state index in [1.807, 2.05) is 47.2 Å². The molecule has 7 nitrogen and oxygen atoms in total. The van der Waals surface area contributed by atoms with Gasteiger partial charge in [-0.25, -0.2) is 19.2 Å². The van der Waals surface area contributed by atoms with E-state index in [1.54, 1.807) is 30.6 Å². The van der Waals surface area contributed by atoms with Crippen molar-refractivity contribution in [1.82, 2.24) is 14.5 Å². The lowest BCUT2D eigenvalue weighted by atomic mass is 10.1. The minimum absolute atomic E-state index is 0.145. The lowest BCUT2D eigenvalue weighted by molar-refractivity contribution is -0.192. The molecule has 0 aliphatic rings. The number of hydrogen-bond donors (Lipinski definition) is 2.